The number of carbonyl (C=O) groups excluding carboxylic acids is 1. The Kier molecular flexibility index (Phi) is 4.03. The lowest BCUT2D eigenvalue weighted by molar-refractivity contribution is -0.124. The van der Waals surface area contributed by atoms with Gasteiger partial charge in [0.15, 0.2) is 0 Å². The number of amides is 1. The summed E-state index contributed by atoms with van der Waals surface area (Å²) in [7, 11) is -2.15. The zero-order valence-corrected chi connectivity index (χ0v) is 13.7. The molecule has 1 aliphatic rings. The summed E-state index contributed by atoms with van der Waals surface area (Å²) in [6.45, 7) is 0.217. The molecule has 0 saturated carbocycles. The molecule has 0 saturated heterocycles. The van der Waals surface area contributed by atoms with Crippen LogP contribution in [0.2, 0.25) is 0 Å². The summed E-state index contributed by atoms with van der Waals surface area (Å²) >= 11 is 1.16. The van der Waals surface area contributed by atoms with Gasteiger partial charge in [0, 0.05) is 13.6 Å². The van der Waals surface area contributed by atoms with E-state index in [1.165, 1.54) is 11.4 Å². The molecule has 1 aromatic carbocycles. The number of hydrogen-bond acceptors (Lipinski definition) is 4. The van der Waals surface area contributed by atoms with E-state index < -0.39 is 16.1 Å². The average molecular weight is 336 g/mol. The molecule has 1 N–H and O–H groups in total. The first kappa shape index (κ1) is 15.2. The van der Waals surface area contributed by atoms with Gasteiger partial charge in [0.05, 0.1) is 0 Å². The van der Waals surface area contributed by atoms with Crippen molar-refractivity contribution in [1.29, 1.82) is 0 Å². The van der Waals surface area contributed by atoms with E-state index in [1.807, 2.05) is 24.3 Å². The Bertz CT molecular complexity index is 785. The molecule has 0 unspecified atom stereocenters. The van der Waals surface area contributed by atoms with Crippen LogP contribution >= 0.6 is 11.3 Å². The van der Waals surface area contributed by atoms with Crippen LogP contribution in [0.25, 0.3) is 0 Å². The molecule has 2 heterocycles. The summed E-state index contributed by atoms with van der Waals surface area (Å²) < 4.78 is 27.3. The van der Waals surface area contributed by atoms with Crippen molar-refractivity contribution in [3.05, 3.63) is 52.9 Å². The highest BCUT2D eigenvalue weighted by molar-refractivity contribution is 7.91. The molecule has 1 amide bonds. The molecule has 1 aliphatic heterocycles. The smallest absolute Gasteiger partial charge is 0.253 e. The molecule has 0 aliphatic carbocycles. The number of nitrogens with one attached hydrogen (secondary N) is 1. The van der Waals surface area contributed by atoms with E-state index in [0.29, 0.717) is 6.42 Å². The van der Waals surface area contributed by atoms with Crippen molar-refractivity contribution in [2.45, 2.75) is 23.2 Å². The first-order chi connectivity index (χ1) is 10.5. The lowest BCUT2D eigenvalue weighted by Gasteiger charge is -2.34. The number of carbonyl (C=O) groups is 1. The molecule has 2 aromatic rings. The molecule has 1 aromatic heterocycles. The van der Waals surface area contributed by atoms with Gasteiger partial charge in [0.1, 0.15) is 10.3 Å². The highest BCUT2D eigenvalue weighted by atomic mass is 32.2. The van der Waals surface area contributed by atoms with Crippen molar-refractivity contribution in [3.63, 3.8) is 0 Å². The monoisotopic (exact) mass is 336 g/mol. The van der Waals surface area contributed by atoms with Gasteiger partial charge in [0.25, 0.3) is 10.0 Å². The van der Waals surface area contributed by atoms with E-state index in [0.717, 1.165) is 22.5 Å². The van der Waals surface area contributed by atoms with E-state index in [2.05, 4.69) is 5.32 Å². The van der Waals surface area contributed by atoms with Crippen molar-refractivity contribution < 1.29 is 13.2 Å². The predicted octanol–water partition coefficient (Wildman–Crippen LogP) is 1.61. The first-order valence-corrected chi connectivity index (χ1v) is 9.19. The predicted molar refractivity (Wildman–Crippen MR) is 85.0 cm³/mol. The molecule has 7 heteroatoms. The molecule has 0 bridgehead atoms. The number of benzene rings is 1. The van der Waals surface area contributed by atoms with E-state index in [9.17, 15) is 13.2 Å². The van der Waals surface area contributed by atoms with Crippen LogP contribution in [-0.2, 0) is 27.8 Å². The summed E-state index contributed by atoms with van der Waals surface area (Å²) in [6, 6.07) is 10.2. The molecule has 0 spiro atoms. The minimum atomic E-state index is -3.67. The summed E-state index contributed by atoms with van der Waals surface area (Å²) in [4.78, 5) is 12.2. The molecule has 0 fully saturated rings. The summed E-state index contributed by atoms with van der Waals surface area (Å²) in [5, 5.41) is 4.29. The Balaban J connectivity index is 2.06. The number of nitrogens with zero attached hydrogens (tertiary/aromatic N) is 1. The minimum Gasteiger partial charge on any atom is -0.358 e. The molecule has 5 nitrogen and oxygen atoms in total. The van der Waals surface area contributed by atoms with Gasteiger partial charge in [-0.05, 0) is 29.0 Å². The third-order valence-corrected chi connectivity index (χ3v) is 7.04. The number of sulfonamides is 1. The highest BCUT2D eigenvalue weighted by Crippen LogP contribution is 2.30. The third kappa shape index (κ3) is 2.55. The van der Waals surface area contributed by atoms with Crippen LogP contribution < -0.4 is 5.32 Å². The molecular weight excluding hydrogens is 320 g/mol. The van der Waals surface area contributed by atoms with Gasteiger partial charge in [0.2, 0.25) is 5.91 Å². The minimum absolute atomic E-state index is 0.217. The van der Waals surface area contributed by atoms with Crippen LogP contribution in [0, 0.1) is 0 Å². The third-order valence-electron chi connectivity index (χ3n) is 3.81. The topological polar surface area (TPSA) is 66.5 Å². The van der Waals surface area contributed by atoms with Gasteiger partial charge in [-0.3, -0.25) is 4.79 Å². The Morgan fingerprint density at radius 3 is 2.59 bits per heavy atom. The average Bonchev–Trinajstić information content (AvgIpc) is 3.08. The Hall–Kier alpha value is -1.70. The fourth-order valence-electron chi connectivity index (χ4n) is 2.67. The fourth-order valence-corrected chi connectivity index (χ4v) is 5.35. The molecule has 0 radical (unpaired) electrons. The van der Waals surface area contributed by atoms with Gasteiger partial charge in [-0.2, -0.15) is 4.31 Å². The number of fused-ring (bicyclic) bond motifs is 1. The van der Waals surface area contributed by atoms with E-state index in [1.54, 1.807) is 17.5 Å². The second-order valence-corrected chi connectivity index (χ2v) is 8.15. The van der Waals surface area contributed by atoms with Crippen LogP contribution in [0.1, 0.15) is 11.1 Å². The molecule has 116 valence electrons. The molecular formula is C15H16N2O3S2. The van der Waals surface area contributed by atoms with E-state index in [4.69, 9.17) is 0 Å². The lowest BCUT2D eigenvalue weighted by atomic mass is 9.95. The van der Waals surface area contributed by atoms with Gasteiger partial charge in [-0.1, -0.05) is 30.3 Å². The quantitative estimate of drug-likeness (QED) is 0.926. The number of hydrogen-bond donors (Lipinski definition) is 1. The highest BCUT2D eigenvalue weighted by Gasteiger charge is 2.39. The Morgan fingerprint density at radius 1 is 1.23 bits per heavy atom. The standard InChI is InChI=1S/C15H16N2O3S2/c1-16-15(18)13-9-11-5-2-3-6-12(11)10-17(13)22(19,20)14-7-4-8-21-14/h2-8,13H,9-10H2,1H3,(H,16,18)/t13-/m1/s1. The fraction of sp³-hybridized carbons (Fsp3) is 0.267. The zero-order chi connectivity index (χ0) is 15.7. The van der Waals surface area contributed by atoms with Crippen LogP contribution in [0.4, 0.5) is 0 Å². The Morgan fingerprint density at radius 2 is 1.95 bits per heavy atom. The maximum Gasteiger partial charge on any atom is 0.253 e. The summed E-state index contributed by atoms with van der Waals surface area (Å²) in [6.07, 6.45) is 0.389. The molecule has 1 atom stereocenters. The van der Waals surface area contributed by atoms with Gasteiger partial charge in [-0.25, -0.2) is 8.42 Å². The molecule has 22 heavy (non-hydrogen) atoms. The maximum absolute atomic E-state index is 12.8. The largest absolute Gasteiger partial charge is 0.358 e. The lowest BCUT2D eigenvalue weighted by Crippen LogP contribution is -2.51. The number of thiophene rings is 1. The van der Waals surface area contributed by atoms with Crippen molar-refractivity contribution in [2.24, 2.45) is 0 Å². The SMILES string of the molecule is CNC(=O)[C@H]1Cc2ccccc2CN1S(=O)(=O)c1cccs1. The van der Waals surface area contributed by atoms with Crippen molar-refractivity contribution in [2.75, 3.05) is 7.05 Å². The summed E-state index contributed by atoms with van der Waals surface area (Å²) in [5.74, 6) is -0.283. The zero-order valence-electron chi connectivity index (χ0n) is 12.0. The number of rotatable bonds is 3. The second-order valence-electron chi connectivity index (χ2n) is 5.09. The normalized spacial score (nSPS) is 18.7. The first-order valence-electron chi connectivity index (χ1n) is 6.88. The number of likely N-dealkylation sites (N-methyl/N-ethyl adjacent to an activating group) is 1. The van der Waals surface area contributed by atoms with E-state index >= 15 is 0 Å². The Labute approximate surface area is 133 Å². The molecule has 3 rings (SSSR count). The van der Waals surface area contributed by atoms with Gasteiger partial charge in [-0.15, -0.1) is 11.3 Å². The van der Waals surface area contributed by atoms with Gasteiger partial charge < -0.3 is 5.32 Å². The van der Waals surface area contributed by atoms with Crippen LogP contribution in [-0.4, -0.2) is 31.7 Å². The van der Waals surface area contributed by atoms with Gasteiger partial charge >= 0.3 is 0 Å². The second kappa shape index (κ2) is 5.83. The maximum atomic E-state index is 12.8. The van der Waals surface area contributed by atoms with Crippen molar-refractivity contribution in [3.8, 4) is 0 Å². The van der Waals surface area contributed by atoms with Crippen molar-refractivity contribution >= 4 is 27.3 Å². The van der Waals surface area contributed by atoms with Crippen LogP contribution in [0.3, 0.4) is 0 Å². The van der Waals surface area contributed by atoms with Crippen molar-refractivity contribution in [1.82, 2.24) is 9.62 Å². The van der Waals surface area contributed by atoms with E-state index in [-0.39, 0.29) is 16.7 Å². The summed E-state index contributed by atoms with van der Waals surface area (Å²) in [5.41, 5.74) is 1.97. The van der Waals surface area contributed by atoms with Crippen LogP contribution in [0.5, 0.6) is 0 Å². The van der Waals surface area contributed by atoms with Crippen LogP contribution in [0.15, 0.2) is 46.0 Å².